The van der Waals surface area contributed by atoms with E-state index < -0.39 is 0 Å². The van der Waals surface area contributed by atoms with E-state index in [1.54, 1.807) is 0 Å². The van der Waals surface area contributed by atoms with Crippen LogP contribution in [0.25, 0.3) is 11.3 Å². The standard InChI is InChI=1S/C14H15BrN2/c1-10-4-3-7-17-9-13(16-14(10)17)11-5-2-6-12(15)8-11/h2,5-6,8-10H,3-4,7H2,1H3/t10-/m0/s1. The summed E-state index contributed by atoms with van der Waals surface area (Å²) in [5.41, 5.74) is 2.28. The first-order chi connectivity index (χ1) is 8.24. The van der Waals surface area contributed by atoms with Crippen LogP contribution >= 0.6 is 15.9 Å². The maximum atomic E-state index is 4.79. The second-order valence-corrected chi connectivity index (χ2v) is 5.65. The quantitative estimate of drug-likeness (QED) is 0.769. The highest BCUT2D eigenvalue weighted by molar-refractivity contribution is 9.10. The van der Waals surface area contributed by atoms with E-state index in [1.165, 1.54) is 24.2 Å². The van der Waals surface area contributed by atoms with Crippen molar-refractivity contribution in [2.75, 3.05) is 0 Å². The molecule has 3 rings (SSSR count). The van der Waals surface area contributed by atoms with Crippen molar-refractivity contribution < 1.29 is 0 Å². The van der Waals surface area contributed by atoms with Crippen molar-refractivity contribution in [1.82, 2.24) is 9.55 Å². The van der Waals surface area contributed by atoms with Crippen LogP contribution in [0.4, 0.5) is 0 Å². The van der Waals surface area contributed by atoms with Gasteiger partial charge in [0.2, 0.25) is 0 Å². The Labute approximate surface area is 110 Å². The summed E-state index contributed by atoms with van der Waals surface area (Å²) in [4.78, 5) is 4.79. The van der Waals surface area contributed by atoms with Crippen LogP contribution < -0.4 is 0 Å². The van der Waals surface area contributed by atoms with E-state index in [0.717, 1.165) is 16.7 Å². The average molecular weight is 291 g/mol. The van der Waals surface area contributed by atoms with Crippen molar-refractivity contribution in [3.8, 4) is 11.3 Å². The first-order valence-corrected chi connectivity index (χ1v) is 6.86. The molecular formula is C14H15BrN2. The number of halogens is 1. The molecule has 0 aliphatic carbocycles. The Kier molecular flexibility index (Phi) is 2.79. The van der Waals surface area contributed by atoms with Gasteiger partial charge >= 0.3 is 0 Å². The number of imidazole rings is 1. The third kappa shape index (κ3) is 2.04. The topological polar surface area (TPSA) is 17.8 Å². The predicted molar refractivity (Wildman–Crippen MR) is 73.0 cm³/mol. The number of nitrogens with zero attached hydrogens (tertiary/aromatic N) is 2. The molecule has 0 N–H and O–H groups in total. The van der Waals surface area contributed by atoms with Crippen LogP contribution in [0.3, 0.4) is 0 Å². The molecule has 0 saturated heterocycles. The fraction of sp³-hybridized carbons (Fsp3) is 0.357. The summed E-state index contributed by atoms with van der Waals surface area (Å²) in [5, 5.41) is 0. The van der Waals surface area contributed by atoms with Gasteiger partial charge in [-0.15, -0.1) is 0 Å². The summed E-state index contributed by atoms with van der Waals surface area (Å²) in [6.07, 6.45) is 4.71. The number of aromatic nitrogens is 2. The molecule has 0 spiro atoms. The third-order valence-corrected chi connectivity index (χ3v) is 3.90. The van der Waals surface area contributed by atoms with Gasteiger partial charge in [0.25, 0.3) is 0 Å². The normalized spacial score (nSPS) is 19.1. The van der Waals surface area contributed by atoms with Gasteiger partial charge in [0.15, 0.2) is 0 Å². The molecule has 0 bridgehead atoms. The van der Waals surface area contributed by atoms with Gasteiger partial charge in [0.1, 0.15) is 5.82 Å². The number of rotatable bonds is 1. The lowest BCUT2D eigenvalue weighted by molar-refractivity contribution is 0.463. The molecule has 2 heterocycles. The van der Waals surface area contributed by atoms with Crippen molar-refractivity contribution in [1.29, 1.82) is 0 Å². The van der Waals surface area contributed by atoms with Crippen molar-refractivity contribution in [2.24, 2.45) is 0 Å². The summed E-state index contributed by atoms with van der Waals surface area (Å²) >= 11 is 3.51. The van der Waals surface area contributed by atoms with Crippen LogP contribution in [0.15, 0.2) is 34.9 Å². The fourth-order valence-corrected chi connectivity index (χ4v) is 2.89. The van der Waals surface area contributed by atoms with Gasteiger partial charge in [0.05, 0.1) is 5.69 Å². The summed E-state index contributed by atoms with van der Waals surface area (Å²) in [6.45, 7) is 3.38. The van der Waals surface area contributed by atoms with Crippen molar-refractivity contribution in [3.05, 3.63) is 40.8 Å². The highest BCUT2D eigenvalue weighted by atomic mass is 79.9. The van der Waals surface area contributed by atoms with Gasteiger partial charge in [-0.3, -0.25) is 0 Å². The number of hydrogen-bond donors (Lipinski definition) is 0. The first-order valence-electron chi connectivity index (χ1n) is 6.07. The smallest absolute Gasteiger partial charge is 0.112 e. The van der Waals surface area contributed by atoms with E-state index in [4.69, 9.17) is 4.98 Å². The van der Waals surface area contributed by atoms with Crippen LogP contribution in [-0.4, -0.2) is 9.55 Å². The average Bonchev–Trinajstić information content (AvgIpc) is 2.74. The second-order valence-electron chi connectivity index (χ2n) is 4.73. The van der Waals surface area contributed by atoms with Gasteiger partial charge in [-0.2, -0.15) is 0 Å². The maximum absolute atomic E-state index is 4.79. The van der Waals surface area contributed by atoms with Gasteiger partial charge in [-0.1, -0.05) is 35.0 Å². The molecule has 1 aliphatic rings. The highest BCUT2D eigenvalue weighted by Gasteiger charge is 2.19. The molecule has 0 unspecified atom stereocenters. The Hall–Kier alpha value is -1.09. The predicted octanol–water partition coefficient (Wildman–Crippen LogP) is 4.21. The molecule has 1 aliphatic heterocycles. The molecule has 2 aromatic rings. The van der Waals surface area contributed by atoms with Crippen LogP contribution in [0.1, 0.15) is 31.5 Å². The molecule has 2 nitrogen and oxygen atoms in total. The molecule has 0 radical (unpaired) electrons. The fourth-order valence-electron chi connectivity index (χ4n) is 2.49. The maximum Gasteiger partial charge on any atom is 0.112 e. The van der Waals surface area contributed by atoms with Gasteiger partial charge in [0, 0.05) is 28.7 Å². The molecule has 1 aromatic carbocycles. The number of hydrogen-bond acceptors (Lipinski definition) is 1. The van der Waals surface area contributed by atoms with Crippen molar-refractivity contribution in [2.45, 2.75) is 32.2 Å². The number of fused-ring (bicyclic) bond motifs is 1. The van der Waals surface area contributed by atoms with Crippen molar-refractivity contribution >= 4 is 15.9 Å². The van der Waals surface area contributed by atoms with Crippen LogP contribution in [0, 0.1) is 0 Å². The summed E-state index contributed by atoms with van der Waals surface area (Å²) < 4.78 is 3.42. The van der Waals surface area contributed by atoms with Gasteiger partial charge in [-0.05, 0) is 25.0 Å². The Morgan fingerprint density at radius 3 is 3.06 bits per heavy atom. The van der Waals surface area contributed by atoms with Crippen LogP contribution in [0.5, 0.6) is 0 Å². The molecule has 0 saturated carbocycles. The Bertz CT molecular complexity index is 545. The molecule has 1 aromatic heterocycles. The number of aryl methyl sites for hydroxylation is 1. The monoisotopic (exact) mass is 290 g/mol. The minimum absolute atomic E-state index is 0.588. The minimum atomic E-state index is 0.588. The zero-order chi connectivity index (χ0) is 11.8. The molecule has 0 fully saturated rings. The van der Waals surface area contributed by atoms with Crippen LogP contribution in [0.2, 0.25) is 0 Å². The zero-order valence-corrected chi connectivity index (χ0v) is 11.4. The Morgan fingerprint density at radius 2 is 2.29 bits per heavy atom. The molecule has 1 atom stereocenters. The summed E-state index contributed by atoms with van der Waals surface area (Å²) in [6, 6.07) is 8.34. The van der Waals surface area contributed by atoms with E-state index in [2.05, 4.69) is 51.8 Å². The van der Waals surface area contributed by atoms with Gasteiger partial charge in [-0.25, -0.2) is 4.98 Å². The third-order valence-electron chi connectivity index (χ3n) is 3.40. The first kappa shape index (κ1) is 11.0. The largest absolute Gasteiger partial charge is 0.334 e. The second kappa shape index (κ2) is 4.30. The van der Waals surface area contributed by atoms with E-state index in [0.29, 0.717) is 5.92 Å². The van der Waals surface area contributed by atoms with E-state index in [9.17, 15) is 0 Å². The highest BCUT2D eigenvalue weighted by Crippen LogP contribution is 2.30. The summed E-state index contributed by atoms with van der Waals surface area (Å²) in [7, 11) is 0. The van der Waals surface area contributed by atoms with Crippen LogP contribution in [-0.2, 0) is 6.54 Å². The van der Waals surface area contributed by atoms with Gasteiger partial charge < -0.3 is 4.57 Å². The minimum Gasteiger partial charge on any atom is -0.334 e. The lowest BCUT2D eigenvalue weighted by Crippen LogP contribution is -2.12. The molecular weight excluding hydrogens is 276 g/mol. The lowest BCUT2D eigenvalue weighted by atomic mass is 10.0. The number of benzene rings is 1. The summed E-state index contributed by atoms with van der Waals surface area (Å²) in [5.74, 6) is 1.83. The molecule has 0 amide bonds. The van der Waals surface area contributed by atoms with E-state index in [-0.39, 0.29) is 0 Å². The lowest BCUT2D eigenvalue weighted by Gasteiger charge is -2.19. The van der Waals surface area contributed by atoms with E-state index >= 15 is 0 Å². The SMILES string of the molecule is C[C@H]1CCCn2cc(-c3cccc(Br)c3)nc21. The van der Waals surface area contributed by atoms with Crippen molar-refractivity contribution in [3.63, 3.8) is 0 Å². The molecule has 88 valence electrons. The molecule has 17 heavy (non-hydrogen) atoms. The zero-order valence-electron chi connectivity index (χ0n) is 9.86. The Morgan fingerprint density at radius 1 is 1.41 bits per heavy atom. The molecule has 3 heteroatoms. The Balaban J connectivity index is 2.05. The van der Waals surface area contributed by atoms with E-state index in [1.807, 2.05) is 6.07 Å².